The van der Waals surface area contributed by atoms with Crippen LogP contribution < -0.4 is 14.9 Å². The largest absolute Gasteiger partial charge is 0.376 e. The molecule has 2 aromatic carbocycles. The molecule has 1 aliphatic rings. The summed E-state index contributed by atoms with van der Waals surface area (Å²) in [5.74, 6) is 0.847. The number of nitrogens with one attached hydrogen (secondary N) is 2. The molecule has 2 heterocycles. The summed E-state index contributed by atoms with van der Waals surface area (Å²) in [7, 11) is 0. The standard InChI is InChI=1S/C21H23N5OS2/c1-13-7-8-15(21-23-14(2)24-29-21)11-18(13)22-12-20(27)26-10-9-16-17(25-28-3)5-4-6-19(16)26/h4-8,11,22,25H,9-10,12H2,1-3H3. The number of aromatic nitrogens is 2. The van der Waals surface area contributed by atoms with Gasteiger partial charge in [-0.1, -0.05) is 30.1 Å². The Balaban J connectivity index is 1.48. The Hall–Kier alpha value is -2.58. The van der Waals surface area contributed by atoms with Crippen LogP contribution in [0.25, 0.3) is 10.6 Å². The fraction of sp³-hybridized carbons (Fsp3) is 0.286. The van der Waals surface area contributed by atoms with Crippen LogP contribution in [0.1, 0.15) is 17.0 Å². The summed E-state index contributed by atoms with van der Waals surface area (Å²) < 4.78 is 7.57. The van der Waals surface area contributed by atoms with Gasteiger partial charge < -0.3 is 14.9 Å². The minimum absolute atomic E-state index is 0.0709. The third-order valence-corrected chi connectivity index (χ3v) is 6.26. The predicted molar refractivity (Wildman–Crippen MR) is 123 cm³/mol. The minimum Gasteiger partial charge on any atom is -0.376 e. The Bertz CT molecular complexity index is 1050. The number of nitrogens with zero attached hydrogens (tertiary/aromatic N) is 3. The molecule has 0 atom stereocenters. The Kier molecular flexibility index (Phi) is 5.73. The zero-order valence-corrected chi connectivity index (χ0v) is 18.3. The van der Waals surface area contributed by atoms with Crippen LogP contribution in [0.4, 0.5) is 17.1 Å². The molecule has 150 valence electrons. The van der Waals surface area contributed by atoms with Crippen molar-refractivity contribution in [2.24, 2.45) is 0 Å². The van der Waals surface area contributed by atoms with E-state index < -0.39 is 0 Å². The molecule has 1 aliphatic heterocycles. The fourth-order valence-corrected chi connectivity index (χ4v) is 4.60. The smallest absolute Gasteiger partial charge is 0.246 e. The van der Waals surface area contributed by atoms with Crippen molar-refractivity contribution in [1.82, 2.24) is 9.36 Å². The monoisotopic (exact) mass is 425 g/mol. The molecule has 3 aromatic rings. The van der Waals surface area contributed by atoms with E-state index in [2.05, 4.69) is 25.5 Å². The first-order valence-corrected chi connectivity index (χ1v) is 11.4. The number of benzene rings is 2. The van der Waals surface area contributed by atoms with Crippen molar-refractivity contribution in [3.8, 4) is 10.6 Å². The number of aryl methyl sites for hydroxylation is 2. The van der Waals surface area contributed by atoms with Crippen molar-refractivity contribution in [3.05, 3.63) is 53.3 Å². The van der Waals surface area contributed by atoms with Crippen LogP contribution in [0, 0.1) is 13.8 Å². The second-order valence-corrected chi connectivity index (χ2v) is 8.30. The van der Waals surface area contributed by atoms with Gasteiger partial charge in [0.15, 0.2) is 0 Å². The minimum atomic E-state index is 0.0709. The van der Waals surface area contributed by atoms with E-state index in [1.807, 2.05) is 55.3 Å². The van der Waals surface area contributed by atoms with E-state index in [0.29, 0.717) is 6.54 Å². The van der Waals surface area contributed by atoms with Crippen LogP contribution in [0.15, 0.2) is 36.4 Å². The average molecular weight is 426 g/mol. The number of rotatable bonds is 6. The average Bonchev–Trinajstić information content (AvgIpc) is 3.34. The molecule has 0 spiro atoms. The van der Waals surface area contributed by atoms with Crippen molar-refractivity contribution in [2.75, 3.05) is 34.3 Å². The molecule has 8 heteroatoms. The normalized spacial score (nSPS) is 12.7. The van der Waals surface area contributed by atoms with E-state index in [-0.39, 0.29) is 12.5 Å². The lowest BCUT2D eigenvalue weighted by molar-refractivity contribution is -0.116. The lowest BCUT2D eigenvalue weighted by Gasteiger charge is -2.19. The van der Waals surface area contributed by atoms with Gasteiger partial charge in [0.05, 0.1) is 6.54 Å². The van der Waals surface area contributed by atoms with Gasteiger partial charge in [-0.15, -0.1) is 0 Å². The highest BCUT2D eigenvalue weighted by atomic mass is 32.2. The van der Waals surface area contributed by atoms with E-state index in [1.54, 1.807) is 11.9 Å². The summed E-state index contributed by atoms with van der Waals surface area (Å²) >= 11 is 2.95. The van der Waals surface area contributed by atoms with Crippen molar-refractivity contribution in [2.45, 2.75) is 20.3 Å². The van der Waals surface area contributed by atoms with Crippen molar-refractivity contribution in [3.63, 3.8) is 0 Å². The first kappa shape index (κ1) is 19.7. The Labute approximate surface area is 179 Å². The van der Waals surface area contributed by atoms with Gasteiger partial charge in [0.2, 0.25) is 5.91 Å². The molecule has 4 rings (SSSR count). The summed E-state index contributed by atoms with van der Waals surface area (Å²) in [5.41, 5.74) is 6.35. The molecule has 2 N–H and O–H groups in total. The summed E-state index contributed by atoms with van der Waals surface area (Å²) in [4.78, 5) is 19.3. The number of hydrogen-bond acceptors (Lipinski definition) is 7. The zero-order chi connectivity index (χ0) is 20.4. The molecular weight excluding hydrogens is 402 g/mol. The molecule has 0 radical (unpaired) electrons. The molecule has 0 bridgehead atoms. The lowest BCUT2D eigenvalue weighted by atomic mass is 10.1. The van der Waals surface area contributed by atoms with Crippen LogP contribution in [-0.2, 0) is 11.2 Å². The van der Waals surface area contributed by atoms with Gasteiger partial charge in [0.1, 0.15) is 10.8 Å². The molecule has 6 nitrogen and oxygen atoms in total. The van der Waals surface area contributed by atoms with Crippen LogP contribution in [0.3, 0.4) is 0 Å². The quantitative estimate of drug-likeness (QED) is 0.566. The third kappa shape index (κ3) is 4.09. The van der Waals surface area contributed by atoms with E-state index in [9.17, 15) is 4.79 Å². The van der Waals surface area contributed by atoms with Gasteiger partial charge in [-0.25, -0.2) is 4.98 Å². The highest BCUT2D eigenvalue weighted by molar-refractivity contribution is 7.99. The number of carbonyl (C=O) groups is 1. The van der Waals surface area contributed by atoms with Crippen molar-refractivity contribution >= 4 is 46.4 Å². The van der Waals surface area contributed by atoms with Gasteiger partial charge >= 0.3 is 0 Å². The molecule has 0 fully saturated rings. The Morgan fingerprint density at radius 3 is 2.86 bits per heavy atom. The highest BCUT2D eigenvalue weighted by Gasteiger charge is 2.26. The van der Waals surface area contributed by atoms with Crippen molar-refractivity contribution < 1.29 is 4.79 Å². The number of amides is 1. The van der Waals surface area contributed by atoms with Crippen LogP contribution in [0.2, 0.25) is 0 Å². The van der Waals surface area contributed by atoms with Gasteiger partial charge in [-0.2, -0.15) is 4.37 Å². The highest BCUT2D eigenvalue weighted by Crippen LogP contribution is 2.34. The van der Waals surface area contributed by atoms with Crippen LogP contribution in [0.5, 0.6) is 0 Å². The fourth-order valence-electron chi connectivity index (χ4n) is 3.53. The van der Waals surface area contributed by atoms with E-state index >= 15 is 0 Å². The number of carbonyl (C=O) groups excluding carboxylic acids is 1. The second kappa shape index (κ2) is 8.42. The van der Waals surface area contributed by atoms with Gasteiger partial charge in [-0.05, 0) is 55.6 Å². The number of fused-ring (bicyclic) bond motifs is 1. The molecule has 1 aromatic heterocycles. The molecule has 0 unspecified atom stereocenters. The number of hydrogen-bond donors (Lipinski definition) is 2. The summed E-state index contributed by atoms with van der Waals surface area (Å²) in [6, 6.07) is 12.2. The van der Waals surface area contributed by atoms with Crippen LogP contribution >= 0.6 is 23.5 Å². The Morgan fingerprint density at radius 1 is 1.24 bits per heavy atom. The predicted octanol–water partition coefficient (Wildman–Crippen LogP) is 4.51. The maximum absolute atomic E-state index is 12.9. The van der Waals surface area contributed by atoms with E-state index in [4.69, 9.17) is 0 Å². The molecule has 29 heavy (non-hydrogen) atoms. The van der Waals surface area contributed by atoms with E-state index in [0.717, 1.165) is 45.4 Å². The molecule has 0 aliphatic carbocycles. The molecular formula is C21H23N5OS2. The first-order chi connectivity index (χ1) is 14.1. The second-order valence-electron chi connectivity index (χ2n) is 6.93. The summed E-state index contributed by atoms with van der Waals surface area (Å²) in [6.45, 7) is 4.89. The topological polar surface area (TPSA) is 70.2 Å². The maximum atomic E-state index is 12.9. The summed E-state index contributed by atoms with van der Waals surface area (Å²) in [5, 5.41) is 4.21. The third-order valence-electron chi connectivity index (χ3n) is 4.98. The lowest BCUT2D eigenvalue weighted by Crippen LogP contribution is -2.34. The molecule has 1 amide bonds. The van der Waals surface area contributed by atoms with Gasteiger partial charge in [0, 0.05) is 41.0 Å². The first-order valence-electron chi connectivity index (χ1n) is 9.43. The van der Waals surface area contributed by atoms with Crippen molar-refractivity contribution in [1.29, 1.82) is 0 Å². The number of anilines is 3. The SMILES string of the molecule is CSNc1cccc2c1CCN2C(=O)CNc1cc(-c2nc(C)ns2)ccc1C. The molecule has 0 saturated carbocycles. The molecule has 0 saturated heterocycles. The zero-order valence-electron chi connectivity index (χ0n) is 16.7. The Morgan fingerprint density at radius 2 is 2.10 bits per heavy atom. The maximum Gasteiger partial charge on any atom is 0.246 e. The summed E-state index contributed by atoms with van der Waals surface area (Å²) in [6.07, 6.45) is 2.87. The van der Waals surface area contributed by atoms with Gasteiger partial charge in [0.25, 0.3) is 0 Å². The van der Waals surface area contributed by atoms with E-state index in [1.165, 1.54) is 17.1 Å². The van der Waals surface area contributed by atoms with Gasteiger partial charge in [-0.3, -0.25) is 4.79 Å². The van der Waals surface area contributed by atoms with Crippen LogP contribution in [-0.4, -0.2) is 34.6 Å².